The molecule has 1 aromatic carbocycles. The fourth-order valence-corrected chi connectivity index (χ4v) is 3.30. The third-order valence-corrected chi connectivity index (χ3v) is 5.00. The van der Waals surface area contributed by atoms with Crippen LogP contribution in [0.5, 0.6) is 0 Å². The second-order valence-corrected chi connectivity index (χ2v) is 7.01. The first kappa shape index (κ1) is 17.3. The van der Waals surface area contributed by atoms with Crippen LogP contribution >= 0.6 is 0 Å². The second kappa shape index (κ2) is 7.23. The van der Waals surface area contributed by atoms with E-state index in [0.29, 0.717) is 16.7 Å². The number of fused-ring (bicyclic) bond motifs is 1. The molecular formula is C21H21N3O3. The van der Waals surface area contributed by atoms with Gasteiger partial charge < -0.3 is 14.6 Å². The first-order chi connectivity index (χ1) is 13.1. The molecule has 1 aliphatic rings. The highest BCUT2D eigenvalue weighted by Gasteiger charge is 2.17. The maximum atomic E-state index is 12.5. The smallest absolute Gasteiger partial charge is 0.349 e. The average Bonchev–Trinajstić information content (AvgIpc) is 2.68. The molecule has 4 rings (SSSR count). The molecule has 0 atom stereocenters. The zero-order chi connectivity index (χ0) is 18.8. The van der Waals surface area contributed by atoms with Crippen molar-refractivity contribution in [1.82, 2.24) is 4.98 Å². The summed E-state index contributed by atoms with van der Waals surface area (Å²) in [6.07, 6.45) is 3.95. The molecule has 3 aromatic rings. The lowest BCUT2D eigenvalue weighted by Crippen LogP contribution is -2.33. The van der Waals surface area contributed by atoms with Gasteiger partial charge >= 0.3 is 5.63 Å². The summed E-state index contributed by atoms with van der Waals surface area (Å²) in [5.74, 6) is 1.16. The number of carbonyl (C=O) groups excluding carboxylic acids is 1. The van der Waals surface area contributed by atoms with E-state index in [-0.39, 0.29) is 5.56 Å². The van der Waals surface area contributed by atoms with Crippen LogP contribution in [0.3, 0.4) is 0 Å². The molecule has 0 unspecified atom stereocenters. The van der Waals surface area contributed by atoms with Crippen molar-refractivity contribution < 1.29 is 9.21 Å². The number of para-hydroxylation sites is 1. The van der Waals surface area contributed by atoms with Gasteiger partial charge in [0, 0.05) is 18.5 Å². The monoisotopic (exact) mass is 363 g/mol. The SMILES string of the molecule is CC1CCN(c2ccc(NC(=O)c3cc4ccccc4oc3=O)cn2)CC1. The fraction of sp³-hybridized carbons (Fsp3) is 0.286. The zero-order valence-corrected chi connectivity index (χ0v) is 15.1. The van der Waals surface area contributed by atoms with Crippen molar-refractivity contribution in [3.8, 4) is 0 Å². The number of carbonyl (C=O) groups is 1. The van der Waals surface area contributed by atoms with Gasteiger partial charge in [-0.3, -0.25) is 4.79 Å². The molecule has 0 aliphatic carbocycles. The predicted octanol–water partition coefficient (Wildman–Crippen LogP) is 3.68. The van der Waals surface area contributed by atoms with Crippen LogP contribution in [0.2, 0.25) is 0 Å². The van der Waals surface area contributed by atoms with Crippen molar-refractivity contribution in [2.45, 2.75) is 19.8 Å². The zero-order valence-electron chi connectivity index (χ0n) is 15.1. The van der Waals surface area contributed by atoms with E-state index in [0.717, 1.165) is 37.7 Å². The lowest BCUT2D eigenvalue weighted by molar-refractivity contribution is 0.102. The Hall–Kier alpha value is -3.15. The number of hydrogen-bond donors (Lipinski definition) is 1. The van der Waals surface area contributed by atoms with Gasteiger partial charge in [0.2, 0.25) is 0 Å². The quantitative estimate of drug-likeness (QED) is 0.719. The maximum Gasteiger partial charge on any atom is 0.349 e. The lowest BCUT2D eigenvalue weighted by Gasteiger charge is -2.31. The van der Waals surface area contributed by atoms with Gasteiger partial charge in [-0.05, 0) is 43.0 Å². The van der Waals surface area contributed by atoms with Crippen LogP contribution < -0.4 is 15.8 Å². The van der Waals surface area contributed by atoms with Crippen LogP contribution in [-0.2, 0) is 0 Å². The summed E-state index contributed by atoms with van der Waals surface area (Å²) in [4.78, 5) is 31.3. The normalized spacial score (nSPS) is 15.1. The highest BCUT2D eigenvalue weighted by Crippen LogP contribution is 2.22. The van der Waals surface area contributed by atoms with Gasteiger partial charge in [0.05, 0.1) is 11.9 Å². The first-order valence-corrected chi connectivity index (χ1v) is 9.15. The van der Waals surface area contributed by atoms with Crippen molar-refractivity contribution in [3.05, 3.63) is 64.6 Å². The molecule has 6 heteroatoms. The number of nitrogens with zero attached hydrogens (tertiary/aromatic N) is 2. The third-order valence-electron chi connectivity index (χ3n) is 5.00. The number of rotatable bonds is 3. The molecule has 6 nitrogen and oxygen atoms in total. The van der Waals surface area contributed by atoms with Crippen LogP contribution in [-0.4, -0.2) is 24.0 Å². The van der Waals surface area contributed by atoms with Crippen LogP contribution in [0.25, 0.3) is 11.0 Å². The van der Waals surface area contributed by atoms with E-state index in [1.165, 1.54) is 0 Å². The number of anilines is 2. The Balaban J connectivity index is 1.50. The van der Waals surface area contributed by atoms with Crippen molar-refractivity contribution in [1.29, 1.82) is 0 Å². The minimum Gasteiger partial charge on any atom is -0.422 e. The molecule has 0 spiro atoms. The van der Waals surface area contributed by atoms with Crippen LogP contribution in [0.1, 0.15) is 30.1 Å². The summed E-state index contributed by atoms with van der Waals surface area (Å²) in [6.45, 7) is 4.27. The number of pyridine rings is 1. The van der Waals surface area contributed by atoms with Gasteiger partial charge in [-0.25, -0.2) is 9.78 Å². The van der Waals surface area contributed by atoms with Crippen molar-refractivity contribution in [2.75, 3.05) is 23.3 Å². The number of aromatic nitrogens is 1. The molecule has 1 saturated heterocycles. The van der Waals surface area contributed by atoms with Gasteiger partial charge in [-0.1, -0.05) is 25.1 Å². The molecule has 1 N–H and O–H groups in total. The van der Waals surface area contributed by atoms with E-state index in [9.17, 15) is 9.59 Å². The molecule has 3 heterocycles. The maximum absolute atomic E-state index is 12.5. The Labute approximate surface area is 156 Å². The highest BCUT2D eigenvalue weighted by molar-refractivity contribution is 6.05. The minimum absolute atomic E-state index is 0.0252. The highest BCUT2D eigenvalue weighted by atomic mass is 16.4. The summed E-state index contributed by atoms with van der Waals surface area (Å²) in [7, 11) is 0. The predicted molar refractivity (Wildman–Crippen MR) is 105 cm³/mol. The van der Waals surface area contributed by atoms with Crippen LogP contribution in [0.15, 0.2) is 57.9 Å². The molecule has 1 amide bonds. The van der Waals surface area contributed by atoms with E-state index in [2.05, 4.69) is 22.1 Å². The molecule has 138 valence electrons. The summed E-state index contributed by atoms with van der Waals surface area (Å²) in [6, 6.07) is 12.4. The summed E-state index contributed by atoms with van der Waals surface area (Å²) >= 11 is 0. The summed E-state index contributed by atoms with van der Waals surface area (Å²) in [5, 5.41) is 3.42. The number of nitrogens with one attached hydrogen (secondary N) is 1. The molecule has 0 bridgehead atoms. The lowest BCUT2D eigenvalue weighted by atomic mass is 9.99. The van der Waals surface area contributed by atoms with E-state index < -0.39 is 11.5 Å². The van der Waals surface area contributed by atoms with Crippen molar-refractivity contribution in [2.24, 2.45) is 5.92 Å². The van der Waals surface area contributed by atoms with E-state index in [4.69, 9.17) is 4.42 Å². The van der Waals surface area contributed by atoms with Gasteiger partial charge in [-0.15, -0.1) is 0 Å². The third kappa shape index (κ3) is 3.69. The first-order valence-electron chi connectivity index (χ1n) is 9.15. The molecule has 27 heavy (non-hydrogen) atoms. The van der Waals surface area contributed by atoms with Crippen molar-refractivity contribution >= 4 is 28.4 Å². The van der Waals surface area contributed by atoms with Gasteiger partial charge in [0.25, 0.3) is 5.91 Å². The molecule has 1 fully saturated rings. The van der Waals surface area contributed by atoms with Crippen molar-refractivity contribution in [3.63, 3.8) is 0 Å². The molecule has 0 saturated carbocycles. The number of hydrogen-bond acceptors (Lipinski definition) is 5. The van der Waals surface area contributed by atoms with E-state index in [1.54, 1.807) is 36.5 Å². The number of benzene rings is 1. The summed E-state index contributed by atoms with van der Waals surface area (Å²) in [5.41, 5.74) is 0.323. The summed E-state index contributed by atoms with van der Waals surface area (Å²) < 4.78 is 5.22. The Kier molecular flexibility index (Phi) is 4.62. The van der Waals surface area contributed by atoms with Crippen LogP contribution in [0.4, 0.5) is 11.5 Å². The Bertz CT molecular complexity index is 1020. The standard InChI is InChI=1S/C21H21N3O3/c1-14-8-10-24(11-9-14)19-7-6-16(13-22-19)23-20(25)17-12-15-4-2-3-5-18(15)27-21(17)26/h2-7,12-14H,8-11H2,1H3,(H,23,25). The molecule has 1 aliphatic heterocycles. The topological polar surface area (TPSA) is 75.4 Å². The Morgan fingerprint density at radius 2 is 1.96 bits per heavy atom. The number of amides is 1. The second-order valence-electron chi connectivity index (χ2n) is 7.01. The minimum atomic E-state index is -0.654. The molecule has 2 aromatic heterocycles. The van der Waals surface area contributed by atoms with Gasteiger partial charge in [0.1, 0.15) is 17.0 Å². The number of piperidine rings is 1. The average molecular weight is 363 g/mol. The Morgan fingerprint density at radius 3 is 2.70 bits per heavy atom. The van der Waals surface area contributed by atoms with E-state index in [1.807, 2.05) is 12.1 Å². The Morgan fingerprint density at radius 1 is 1.19 bits per heavy atom. The fourth-order valence-electron chi connectivity index (χ4n) is 3.30. The molecular weight excluding hydrogens is 342 g/mol. The molecule has 0 radical (unpaired) electrons. The largest absolute Gasteiger partial charge is 0.422 e. The van der Waals surface area contributed by atoms with Gasteiger partial charge in [-0.2, -0.15) is 0 Å². The van der Waals surface area contributed by atoms with Gasteiger partial charge in [0.15, 0.2) is 0 Å². The van der Waals surface area contributed by atoms with E-state index >= 15 is 0 Å². The van der Waals surface area contributed by atoms with Crippen LogP contribution in [0, 0.1) is 5.92 Å².